The molecule has 2 aromatic rings. The van der Waals surface area contributed by atoms with E-state index in [1.165, 1.54) is 18.4 Å². The Morgan fingerprint density at radius 2 is 2.43 bits per heavy atom. The number of carbonyl (C=O) groups excluding carboxylic acids is 1. The van der Waals surface area contributed by atoms with Gasteiger partial charge in [-0.2, -0.15) is 0 Å². The molecule has 2 heterocycles. The highest BCUT2D eigenvalue weighted by Gasteiger charge is 2.13. The first-order valence-electron chi connectivity index (χ1n) is 3.81. The molecule has 2 rings (SSSR count). The summed E-state index contributed by atoms with van der Waals surface area (Å²) in [4.78, 5) is 19.1. The highest BCUT2D eigenvalue weighted by Crippen LogP contribution is 2.25. The van der Waals surface area contributed by atoms with Gasteiger partial charge in [0.25, 0.3) is 0 Å². The molecule has 0 atom stereocenters. The number of carbonyl (C=O) groups is 1. The fourth-order valence-electron chi connectivity index (χ4n) is 1.03. The maximum Gasteiger partial charge on any atom is 0.367 e. The lowest BCUT2D eigenvalue weighted by molar-refractivity contribution is 0.0600. The van der Waals surface area contributed by atoms with Crippen LogP contribution in [0, 0.1) is 0 Å². The van der Waals surface area contributed by atoms with Gasteiger partial charge in [-0.05, 0) is 6.07 Å². The van der Waals surface area contributed by atoms with Crippen LogP contribution in [0.3, 0.4) is 0 Å². The molecule has 14 heavy (non-hydrogen) atoms. The molecule has 0 amide bonds. The van der Waals surface area contributed by atoms with Crippen LogP contribution in [0.25, 0.3) is 10.3 Å². The average Bonchev–Trinajstić information content (AvgIpc) is 2.62. The number of ether oxygens (including phenoxy) is 1. The van der Waals surface area contributed by atoms with Gasteiger partial charge in [0.05, 0.1) is 17.5 Å². The van der Waals surface area contributed by atoms with Crippen molar-refractivity contribution in [3.63, 3.8) is 0 Å². The van der Waals surface area contributed by atoms with E-state index in [0.717, 1.165) is 0 Å². The van der Waals surface area contributed by atoms with Crippen molar-refractivity contribution in [1.29, 1.82) is 0 Å². The van der Waals surface area contributed by atoms with Crippen molar-refractivity contribution >= 4 is 33.3 Å². The first-order chi connectivity index (χ1) is 6.72. The molecule has 0 radical (unpaired) electrons. The highest BCUT2D eigenvalue weighted by atomic mass is 32.1. The molecule has 0 bridgehead atoms. The molecule has 0 saturated carbocycles. The number of hydrogen-bond donors (Lipinski definition) is 1. The van der Waals surface area contributed by atoms with Gasteiger partial charge in [-0.15, -0.1) is 11.3 Å². The SMILES string of the molecule is COC(=O)c1nc2nccc(N)c2s1. The van der Waals surface area contributed by atoms with E-state index in [2.05, 4.69) is 14.7 Å². The number of esters is 1. The zero-order valence-corrected chi connectivity index (χ0v) is 8.17. The van der Waals surface area contributed by atoms with Gasteiger partial charge in [-0.1, -0.05) is 0 Å². The number of pyridine rings is 1. The minimum absolute atomic E-state index is 0.271. The third-order valence-electron chi connectivity index (χ3n) is 1.68. The lowest BCUT2D eigenvalue weighted by atomic mass is 10.4. The Labute approximate surface area is 83.5 Å². The first-order valence-corrected chi connectivity index (χ1v) is 4.63. The van der Waals surface area contributed by atoms with Gasteiger partial charge in [0.2, 0.25) is 5.01 Å². The molecule has 0 aliphatic carbocycles. The zero-order chi connectivity index (χ0) is 10.1. The summed E-state index contributed by atoms with van der Waals surface area (Å²) < 4.78 is 5.26. The Bertz CT molecular complexity index is 494. The van der Waals surface area contributed by atoms with E-state index in [4.69, 9.17) is 5.73 Å². The summed E-state index contributed by atoms with van der Waals surface area (Å²) in [5.41, 5.74) is 6.74. The van der Waals surface area contributed by atoms with Gasteiger partial charge in [0.1, 0.15) is 0 Å². The summed E-state index contributed by atoms with van der Waals surface area (Å²) in [6.07, 6.45) is 1.55. The minimum Gasteiger partial charge on any atom is -0.464 e. The molecular weight excluding hydrogens is 202 g/mol. The van der Waals surface area contributed by atoms with Gasteiger partial charge in [-0.3, -0.25) is 0 Å². The third kappa shape index (κ3) is 1.29. The monoisotopic (exact) mass is 209 g/mol. The molecule has 0 spiro atoms. The number of fused-ring (bicyclic) bond motifs is 1. The lowest BCUT2D eigenvalue weighted by Crippen LogP contribution is -1.99. The van der Waals surface area contributed by atoms with Crippen molar-refractivity contribution < 1.29 is 9.53 Å². The number of anilines is 1. The molecule has 0 aliphatic heterocycles. The Hall–Kier alpha value is -1.69. The number of nitrogens with zero attached hydrogens (tertiary/aromatic N) is 2. The van der Waals surface area contributed by atoms with Gasteiger partial charge >= 0.3 is 5.97 Å². The predicted molar refractivity (Wildman–Crippen MR) is 53.2 cm³/mol. The number of aromatic nitrogens is 2. The largest absolute Gasteiger partial charge is 0.464 e. The van der Waals surface area contributed by atoms with Crippen molar-refractivity contribution in [2.45, 2.75) is 0 Å². The Kier molecular flexibility index (Phi) is 2.05. The van der Waals surface area contributed by atoms with Crippen molar-refractivity contribution in [3.05, 3.63) is 17.3 Å². The standard InChI is InChI=1S/C8H7N3O2S/c1-13-8(12)7-11-6-5(14-7)4(9)2-3-10-6/h2-3H,1H3,(H2,9,10). The Morgan fingerprint density at radius 3 is 3.07 bits per heavy atom. The lowest BCUT2D eigenvalue weighted by Gasteiger charge is -1.90. The summed E-state index contributed by atoms with van der Waals surface area (Å²) in [6.45, 7) is 0. The summed E-state index contributed by atoms with van der Waals surface area (Å²) in [5, 5.41) is 0.271. The van der Waals surface area contributed by atoms with E-state index >= 15 is 0 Å². The van der Waals surface area contributed by atoms with Crippen LogP contribution in [0.1, 0.15) is 9.80 Å². The zero-order valence-electron chi connectivity index (χ0n) is 7.35. The fourth-order valence-corrected chi connectivity index (χ4v) is 1.89. The number of methoxy groups -OCH3 is 1. The van der Waals surface area contributed by atoms with E-state index in [1.807, 2.05) is 0 Å². The van der Waals surface area contributed by atoms with Crippen LogP contribution in [0.2, 0.25) is 0 Å². The number of nitrogens with two attached hydrogens (primary N) is 1. The quantitative estimate of drug-likeness (QED) is 0.710. The third-order valence-corrected chi connectivity index (χ3v) is 2.76. The molecule has 2 N–H and O–H groups in total. The first kappa shape index (κ1) is 8.89. The molecule has 0 unspecified atom stereocenters. The van der Waals surface area contributed by atoms with Gasteiger partial charge in [-0.25, -0.2) is 14.8 Å². The molecule has 0 aromatic carbocycles. The van der Waals surface area contributed by atoms with Crippen LogP contribution in [0.4, 0.5) is 5.69 Å². The van der Waals surface area contributed by atoms with Gasteiger partial charge in [0.15, 0.2) is 5.65 Å². The molecule has 0 saturated heterocycles. The molecular formula is C8H7N3O2S. The normalized spacial score (nSPS) is 10.4. The molecule has 0 fully saturated rings. The van der Waals surface area contributed by atoms with Crippen molar-refractivity contribution in [3.8, 4) is 0 Å². The van der Waals surface area contributed by atoms with Crippen LogP contribution in [0.5, 0.6) is 0 Å². The maximum atomic E-state index is 11.2. The topological polar surface area (TPSA) is 78.1 Å². The summed E-state index contributed by atoms with van der Waals surface area (Å²) in [5.74, 6) is -0.465. The summed E-state index contributed by atoms with van der Waals surface area (Å²) >= 11 is 1.18. The average molecular weight is 209 g/mol. The molecule has 5 nitrogen and oxygen atoms in total. The number of thiazole rings is 1. The van der Waals surface area contributed by atoms with E-state index in [9.17, 15) is 4.79 Å². The van der Waals surface area contributed by atoms with Crippen LogP contribution >= 0.6 is 11.3 Å². The second-order valence-corrected chi connectivity index (χ2v) is 3.56. The maximum absolute atomic E-state index is 11.2. The van der Waals surface area contributed by atoms with E-state index in [0.29, 0.717) is 16.0 Å². The van der Waals surface area contributed by atoms with Crippen molar-refractivity contribution in [2.24, 2.45) is 0 Å². The van der Waals surface area contributed by atoms with E-state index < -0.39 is 5.97 Å². The van der Waals surface area contributed by atoms with Gasteiger partial charge < -0.3 is 10.5 Å². The number of hydrogen-bond acceptors (Lipinski definition) is 6. The van der Waals surface area contributed by atoms with Crippen LogP contribution < -0.4 is 5.73 Å². The molecule has 6 heteroatoms. The summed E-state index contributed by atoms with van der Waals surface area (Å²) in [7, 11) is 1.31. The predicted octanol–water partition coefficient (Wildman–Crippen LogP) is 1.06. The fraction of sp³-hybridized carbons (Fsp3) is 0.125. The second-order valence-electron chi connectivity index (χ2n) is 2.56. The van der Waals surface area contributed by atoms with Crippen molar-refractivity contribution in [2.75, 3.05) is 12.8 Å². The molecule has 0 aliphatic rings. The smallest absolute Gasteiger partial charge is 0.367 e. The van der Waals surface area contributed by atoms with Crippen LogP contribution in [-0.4, -0.2) is 23.0 Å². The van der Waals surface area contributed by atoms with Crippen molar-refractivity contribution in [1.82, 2.24) is 9.97 Å². The van der Waals surface area contributed by atoms with E-state index in [1.54, 1.807) is 12.3 Å². The molecule has 72 valence electrons. The van der Waals surface area contributed by atoms with Gasteiger partial charge in [0, 0.05) is 6.20 Å². The minimum atomic E-state index is -0.465. The number of rotatable bonds is 1. The Morgan fingerprint density at radius 1 is 1.64 bits per heavy atom. The van der Waals surface area contributed by atoms with Crippen LogP contribution in [-0.2, 0) is 4.74 Å². The molecule has 2 aromatic heterocycles. The Balaban J connectivity index is 2.62. The van der Waals surface area contributed by atoms with E-state index in [-0.39, 0.29) is 5.01 Å². The highest BCUT2D eigenvalue weighted by molar-refractivity contribution is 7.20. The number of nitrogen functional groups attached to an aromatic ring is 1. The summed E-state index contributed by atoms with van der Waals surface area (Å²) in [6, 6.07) is 1.67. The van der Waals surface area contributed by atoms with Crippen LogP contribution in [0.15, 0.2) is 12.3 Å². The second kappa shape index (κ2) is 3.22.